The number of nitrogen functional groups attached to an aromatic ring is 1. The van der Waals surface area contributed by atoms with E-state index in [1.807, 2.05) is 22.6 Å². The summed E-state index contributed by atoms with van der Waals surface area (Å²) >= 11 is 1.94. The number of carbonyl (C=O) groups is 1. The van der Waals surface area contributed by atoms with Crippen molar-refractivity contribution in [3.05, 3.63) is 98.1 Å². The van der Waals surface area contributed by atoms with E-state index in [4.69, 9.17) is 10.5 Å². The van der Waals surface area contributed by atoms with Crippen molar-refractivity contribution in [3.63, 3.8) is 0 Å². The minimum Gasteiger partial charge on any atom is -0.453 e. The Morgan fingerprint density at radius 1 is 1.03 bits per heavy atom. The molecule has 11 heteroatoms. The Hall–Kier alpha value is -3.87. The van der Waals surface area contributed by atoms with Crippen LogP contribution < -0.4 is 21.3 Å². The predicted octanol–water partition coefficient (Wildman–Crippen LogP) is 4.14. The number of hydrogen-bond acceptors (Lipinski definition) is 6. The summed E-state index contributed by atoms with van der Waals surface area (Å²) in [4.78, 5) is 29.3. The van der Waals surface area contributed by atoms with Crippen LogP contribution in [0.4, 0.5) is 20.3 Å². The van der Waals surface area contributed by atoms with Crippen LogP contribution in [0.3, 0.4) is 0 Å². The van der Waals surface area contributed by atoms with Crippen LogP contribution in [0, 0.1) is 15.2 Å². The van der Waals surface area contributed by atoms with Crippen molar-refractivity contribution >= 4 is 40.0 Å². The molecule has 33 heavy (non-hydrogen) atoms. The van der Waals surface area contributed by atoms with E-state index >= 15 is 0 Å². The van der Waals surface area contributed by atoms with Crippen LogP contribution in [0.5, 0.6) is 11.5 Å². The summed E-state index contributed by atoms with van der Waals surface area (Å²) in [5.41, 5.74) is 5.18. The standard InChI is InChI=1S/C22H14F2IN5O3/c23-12-1-4-14(5-2-12)30-22(32)15(7-10-28-30)21(31)29-13-3-6-17(16(24)11-13)33-18-8-9-27-20(26)19(18)25/h1-11H,(H2,26,27)(H,29,31). The number of carbonyl (C=O) groups excluding carboxylic acids is 1. The van der Waals surface area contributed by atoms with Crippen molar-refractivity contribution in [2.24, 2.45) is 0 Å². The van der Waals surface area contributed by atoms with Crippen molar-refractivity contribution in [2.45, 2.75) is 0 Å². The zero-order chi connectivity index (χ0) is 23.5. The molecule has 0 unspecified atom stereocenters. The van der Waals surface area contributed by atoms with Crippen molar-refractivity contribution in [3.8, 4) is 17.2 Å². The molecule has 8 nitrogen and oxygen atoms in total. The lowest BCUT2D eigenvalue weighted by Gasteiger charge is -2.11. The van der Waals surface area contributed by atoms with Gasteiger partial charge in [-0.25, -0.2) is 13.8 Å². The zero-order valence-corrected chi connectivity index (χ0v) is 18.8. The predicted molar refractivity (Wildman–Crippen MR) is 126 cm³/mol. The number of amides is 1. The van der Waals surface area contributed by atoms with Crippen LogP contribution in [0.2, 0.25) is 0 Å². The first kappa shape index (κ1) is 22.3. The van der Waals surface area contributed by atoms with Crippen LogP contribution in [0.1, 0.15) is 10.4 Å². The molecule has 0 radical (unpaired) electrons. The molecule has 0 saturated carbocycles. The number of ether oxygens (including phenoxy) is 1. The van der Waals surface area contributed by atoms with E-state index in [0.717, 1.165) is 10.7 Å². The van der Waals surface area contributed by atoms with Gasteiger partial charge in [0.25, 0.3) is 11.5 Å². The minimum absolute atomic E-state index is 0.0842. The number of halogens is 3. The van der Waals surface area contributed by atoms with Gasteiger partial charge in [0.15, 0.2) is 11.6 Å². The van der Waals surface area contributed by atoms with Gasteiger partial charge >= 0.3 is 0 Å². The SMILES string of the molecule is Nc1nccc(Oc2ccc(NC(=O)c3ccnn(-c4ccc(F)cc4)c3=O)cc2F)c1I. The second kappa shape index (κ2) is 9.32. The van der Waals surface area contributed by atoms with Crippen molar-refractivity contribution in [2.75, 3.05) is 11.1 Å². The summed E-state index contributed by atoms with van der Waals surface area (Å²) in [5, 5.41) is 6.39. The van der Waals surface area contributed by atoms with E-state index in [2.05, 4.69) is 15.4 Å². The maximum Gasteiger partial charge on any atom is 0.284 e. The van der Waals surface area contributed by atoms with Crippen LogP contribution in [-0.2, 0) is 0 Å². The lowest BCUT2D eigenvalue weighted by Crippen LogP contribution is -2.29. The molecular weight excluding hydrogens is 547 g/mol. The normalized spacial score (nSPS) is 10.6. The largest absolute Gasteiger partial charge is 0.453 e. The van der Waals surface area contributed by atoms with E-state index in [-0.39, 0.29) is 28.5 Å². The van der Waals surface area contributed by atoms with E-state index in [9.17, 15) is 18.4 Å². The average molecular weight is 561 g/mol. The molecule has 2 aromatic heterocycles. The number of nitrogens with two attached hydrogens (primary N) is 1. The molecule has 4 aromatic rings. The van der Waals surface area contributed by atoms with Crippen LogP contribution in [0.15, 0.2) is 71.8 Å². The van der Waals surface area contributed by atoms with Crippen molar-refractivity contribution in [1.29, 1.82) is 0 Å². The van der Waals surface area contributed by atoms with Gasteiger partial charge < -0.3 is 15.8 Å². The van der Waals surface area contributed by atoms with Crippen LogP contribution >= 0.6 is 22.6 Å². The van der Waals surface area contributed by atoms with Gasteiger partial charge in [0.2, 0.25) is 0 Å². The van der Waals surface area contributed by atoms with Gasteiger partial charge in [-0.15, -0.1) is 0 Å². The average Bonchev–Trinajstić information content (AvgIpc) is 2.79. The monoisotopic (exact) mass is 561 g/mol. The Bertz CT molecular complexity index is 1410. The van der Waals surface area contributed by atoms with Crippen molar-refractivity contribution in [1.82, 2.24) is 14.8 Å². The zero-order valence-electron chi connectivity index (χ0n) is 16.6. The van der Waals surface area contributed by atoms with Gasteiger partial charge in [-0.2, -0.15) is 9.78 Å². The molecule has 166 valence electrons. The van der Waals surface area contributed by atoms with Crippen LogP contribution in [-0.4, -0.2) is 20.7 Å². The number of aromatic nitrogens is 3. The third-order valence-corrected chi connectivity index (χ3v) is 5.54. The molecule has 0 saturated heterocycles. The molecule has 0 bridgehead atoms. The summed E-state index contributed by atoms with van der Waals surface area (Å²) in [6.45, 7) is 0. The fourth-order valence-electron chi connectivity index (χ4n) is 2.85. The topological polar surface area (TPSA) is 112 Å². The molecule has 0 aliphatic rings. The Labute approximate surface area is 199 Å². The van der Waals surface area contributed by atoms with Crippen LogP contribution in [0.25, 0.3) is 5.69 Å². The quantitative estimate of drug-likeness (QED) is 0.355. The van der Waals surface area contributed by atoms with E-state index in [0.29, 0.717) is 9.32 Å². The maximum atomic E-state index is 14.6. The van der Waals surface area contributed by atoms with E-state index in [1.54, 1.807) is 6.07 Å². The third kappa shape index (κ3) is 4.82. The Balaban J connectivity index is 1.55. The molecule has 4 rings (SSSR count). The summed E-state index contributed by atoms with van der Waals surface area (Å²) in [5.74, 6) is -1.48. The van der Waals surface area contributed by atoms with Gasteiger partial charge in [-0.3, -0.25) is 9.59 Å². The molecule has 1 amide bonds. The van der Waals surface area contributed by atoms with Gasteiger partial charge in [-0.05, 0) is 65.1 Å². The van der Waals surface area contributed by atoms with Gasteiger partial charge in [0, 0.05) is 30.2 Å². The molecule has 0 atom stereocenters. The number of nitrogens with one attached hydrogen (secondary N) is 1. The Morgan fingerprint density at radius 3 is 2.52 bits per heavy atom. The highest BCUT2D eigenvalue weighted by Crippen LogP contribution is 2.31. The fourth-order valence-corrected chi connectivity index (χ4v) is 3.28. The molecule has 2 aromatic carbocycles. The number of rotatable bonds is 5. The number of anilines is 2. The molecule has 2 heterocycles. The van der Waals surface area contributed by atoms with Gasteiger partial charge in [0.1, 0.15) is 22.9 Å². The second-order valence-electron chi connectivity index (χ2n) is 6.65. The summed E-state index contributed by atoms with van der Waals surface area (Å²) in [6.07, 6.45) is 2.70. The molecule has 3 N–H and O–H groups in total. The Morgan fingerprint density at radius 2 is 1.79 bits per heavy atom. The summed E-state index contributed by atoms with van der Waals surface area (Å²) in [6, 6.07) is 11.7. The lowest BCUT2D eigenvalue weighted by molar-refractivity contribution is 0.102. The molecule has 0 fully saturated rings. The number of benzene rings is 2. The molecule has 0 aliphatic heterocycles. The van der Waals surface area contributed by atoms with Gasteiger partial charge in [0.05, 0.1) is 9.26 Å². The third-order valence-electron chi connectivity index (χ3n) is 4.45. The van der Waals surface area contributed by atoms with E-state index < -0.39 is 23.1 Å². The number of nitrogens with zero attached hydrogens (tertiary/aromatic N) is 3. The lowest BCUT2D eigenvalue weighted by atomic mass is 10.2. The molecule has 0 aliphatic carbocycles. The first-order chi connectivity index (χ1) is 15.8. The Kier molecular flexibility index (Phi) is 6.31. The highest BCUT2D eigenvalue weighted by atomic mass is 127. The smallest absolute Gasteiger partial charge is 0.284 e. The molecular formula is C22H14F2IN5O3. The highest BCUT2D eigenvalue weighted by molar-refractivity contribution is 14.1. The first-order valence-electron chi connectivity index (χ1n) is 9.36. The molecule has 0 spiro atoms. The summed E-state index contributed by atoms with van der Waals surface area (Å²) in [7, 11) is 0. The maximum absolute atomic E-state index is 14.6. The van der Waals surface area contributed by atoms with E-state index in [1.165, 1.54) is 54.9 Å². The minimum atomic E-state index is -0.761. The number of pyridine rings is 1. The second-order valence-corrected chi connectivity index (χ2v) is 7.73. The first-order valence-corrected chi connectivity index (χ1v) is 10.4. The fraction of sp³-hybridized carbons (Fsp3) is 0. The highest BCUT2D eigenvalue weighted by Gasteiger charge is 2.16. The van der Waals surface area contributed by atoms with Crippen molar-refractivity contribution < 1.29 is 18.3 Å². The van der Waals surface area contributed by atoms with Gasteiger partial charge in [-0.1, -0.05) is 0 Å². The summed E-state index contributed by atoms with van der Waals surface area (Å²) < 4.78 is 34.8. The number of hydrogen-bond donors (Lipinski definition) is 2.